The van der Waals surface area contributed by atoms with E-state index in [4.69, 9.17) is 9.15 Å². The minimum Gasteiger partial charge on any atom is -0.464 e. The van der Waals surface area contributed by atoms with Gasteiger partial charge in [-0.1, -0.05) is 47.0 Å². The van der Waals surface area contributed by atoms with Crippen LogP contribution in [-0.4, -0.2) is 12.6 Å². The molecule has 0 amide bonds. The summed E-state index contributed by atoms with van der Waals surface area (Å²) in [4.78, 5) is 0. The molecule has 0 aliphatic carbocycles. The summed E-state index contributed by atoms with van der Waals surface area (Å²) in [5, 5.41) is 3.42. The monoisotopic (exact) mass is 295 g/mol. The van der Waals surface area contributed by atoms with Gasteiger partial charge in [-0.2, -0.15) is 0 Å². The zero-order valence-corrected chi connectivity index (χ0v) is 14.5. The second-order valence-electron chi connectivity index (χ2n) is 6.26. The lowest BCUT2D eigenvalue weighted by Crippen LogP contribution is -2.21. The Kier molecular flexibility index (Phi) is 8.70. The topological polar surface area (TPSA) is 34.4 Å². The maximum absolute atomic E-state index is 5.85. The largest absolute Gasteiger partial charge is 0.464 e. The normalized spacial score (nSPS) is 13.0. The first-order valence-corrected chi connectivity index (χ1v) is 8.46. The molecule has 1 atom stereocenters. The van der Waals surface area contributed by atoms with E-state index < -0.39 is 0 Å². The number of furan rings is 1. The molecule has 1 N–H and O–H groups in total. The van der Waals surface area contributed by atoms with E-state index in [9.17, 15) is 0 Å². The van der Waals surface area contributed by atoms with Gasteiger partial charge in [0.2, 0.25) is 0 Å². The van der Waals surface area contributed by atoms with Gasteiger partial charge in [0.25, 0.3) is 0 Å². The van der Waals surface area contributed by atoms with Crippen molar-refractivity contribution in [2.75, 3.05) is 6.61 Å². The lowest BCUT2D eigenvalue weighted by atomic mass is 10.0. The van der Waals surface area contributed by atoms with Gasteiger partial charge in [-0.3, -0.25) is 0 Å². The average molecular weight is 295 g/mol. The molecular formula is C18H33NO2. The summed E-state index contributed by atoms with van der Waals surface area (Å²) >= 11 is 0. The molecule has 0 fully saturated rings. The Morgan fingerprint density at radius 1 is 1.29 bits per heavy atom. The third-order valence-electron chi connectivity index (χ3n) is 3.91. The molecule has 3 nitrogen and oxygen atoms in total. The number of ether oxygens (including phenoxy) is 1. The predicted octanol–water partition coefficient (Wildman–Crippen LogP) is 4.82. The zero-order valence-electron chi connectivity index (χ0n) is 14.5. The van der Waals surface area contributed by atoms with Crippen LogP contribution in [0.1, 0.15) is 70.5 Å². The van der Waals surface area contributed by atoms with Gasteiger partial charge < -0.3 is 14.5 Å². The van der Waals surface area contributed by atoms with Crippen molar-refractivity contribution < 1.29 is 9.15 Å². The summed E-state index contributed by atoms with van der Waals surface area (Å²) in [6.45, 7) is 13.1. The number of hydrogen-bond donors (Lipinski definition) is 1. The molecule has 0 aromatic carbocycles. The van der Waals surface area contributed by atoms with Crippen molar-refractivity contribution in [2.24, 2.45) is 5.92 Å². The van der Waals surface area contributed by atoms with Crippen LogP contribution in [0, 0.1) is 12.8 Å². The Hall–Kier alpha value is -0.800. The highest BCUT2D eigenvalue weighted by Crippen LogP contribution is 2.17. The summed E-state index contributed by atoms with van der Waals surface area (Å²) in [7, 11) is 0. The smallest absolute Gasteiger partial charge is 0.130 e. The van der Waals surface area contributed by atoms with Crippen LogP contribution in [0.2, 0.25) is 0 Å². The van der Waals surface area contributed by atoms with Gasteiger partial charge in [0, 0.05) is 24.8 Å². The van der Waals surface area contributed by atoms with Crippen molar-refractivity contribution in [3.05, 3.63) is 23.2 Å². The molecule has 1 heterocycles. The van der Waals surface area contributed by atoms with Crippen LogP contribution in [0.5, 0.6) is 0 Å². The molecule has 1 aromatic heterocycles. The van der Waals surface area contributed by atoms with Crippen molar-refractivity contribution in [3.63, 3.8) is 0 Å². The Morgan fingerprint density at radius 2 is 2.05 bits per heavy atom. The Bertz CT molecular complexity index is 385. The molecule has 0 spiro atoms. The van der Waals surface area contributed by atoms with Crippen LogP contribution in [0.15, 0.2) is 10.5 Å². The Morgan fingerprint density at radius 3 is 2.67 bits per heavy atom. The number of rotatable bonds is 11. The van der Waals surface area contributed by atoms with Gasteiger partial charge >= 0.3 is 0 Å². The second kappa shape index (κ2) is 10.0. The molecule has 1 rings (SSSR count). The Labute approximate surface area is 130 Å². The summed E-state index contributed by atoms with van der Waals surface area (Å²) in [5.41, 5.74) is 1.24. The van der Waals surface area contributed by atoms with E-state index in [0.29, 0.717) is 18.6 Å². The quantitative estimate of drug-likeness (QED) is 0.635. The minimum atomic E-state index is 0.489. The summed E-state index contributed by atoms with van der Waals surface area (Å²) < 4.78 is 11.6. The van der Waals surface area contributed by atoms with E-state index in [1.165, 1.54) is 31.2 Å². The number of aryl methyl sites for hydroxylation is 1. The highest BCUT2D eigenvalue weighted by atomic mass is 16.5. The first-order chi connectivity index (χ1) is 10.1. The van der Waals surface area contributed by atoms with Gasteiger partial charge in [0.05, 0.1) is 0 Å². The summed E-state index contributed by atoms with van der Waals surface area (Å²) in [5.74, 6) is 2.63. The summed E-state index contributed by atoms with van der Waals surface area (Å²) in [6, 6.07) is 2.61. The lowest BCUT2D eigenvalue weighted by Gasteiger charge is -2.13. The van der Waals surface area contributed by atoms with Crippen molar-refractivity contribution in [1.29, 1.82) is 0 Å². The highest BCUT2D eigenvalue weighted by Gasteiger charge is 2.10. The molecule has 0 aliphatic rings. The van der Waals surface area contributed by atoms with Gasteiger partial charge in [-0.25, -0.2) is 0 Å². The lowest BCUT2D eigenvalue weighted by molar-refractivity contribution is 0.0705. The molecule has 122 valence electrons. The second-order valence-corrected chi connectivity index (χ2v) is 6.26. The minimum absolute atomic E-state index is 0.489. The number of nitrogens with one attached hydrogen (secondary N) is 1. The van der Waals surface area contributed by atoms with Gasteiger partial charge in [-0.05, 0) is 25.3 Å². The first-order valence-electron chi connectivity index (χ1n) is 8.46. The van der Waals surface area contributed by atoms with Crippen molar-refractivity contribution in [3.8, 4) is 0 Å². The van der Waals surface area contributed by atoms with E-state index in [1.54, 1.807) is 0 Å². The highest BCUT2D eigenvalue weighted by molar-refractivity contribution is 5.20. The molecule has 0 radical (unpaired) electrons. The number of hydrogen-bond acceptors (Lipinski definition) is 3. The van der Waals surface area contributed by atoms with Gasteiger partial charge in [-0.15, -0.1) is 0 Å². The molecule has 0 saturated carbocycles. The van der Waals surface area contributed by atoms with E-state index in [0.717, 1.165) is 24.7 Å². The molecule has 1 unspecified atom stereocenters. The van der Waals surface area contributed by atoms with Gasteiger partial charge in [0.1, 0.15) is 18.1 Å². The first kappa shape index (κ1) is 18.2. The van der Waals surface area contributed by atoms with Crippen LogP contribution < -0.4 is 5.32 Å². The van der Waals surface area contributed by atoms with E-state index in [-0.39, 0.29) is 0 Å². The molecular weight excluding hydrogens is 262 g/mol. The van der Waals surface area contributed by atoms with Crippen molar-refractivity contribution in [1.82, 2.24) is 5.32 Å². The fourth-order valence-corrected chi connectivity index (χ4v) is 2.37. The van der Waals surface area contributed by atoms with E-state index in [2.05, 4.69) is 39.1 Å². The molecule has 0 saturated heterocycles. The molecule has 3 heteroatoms. The standard InChI is InChI=1S/C18H33NO2/c1-6-8-9-16(7-2)12-20-13-18-10-17(15(5)21-18)11-19-14(3)4/h10,14,16,19H,6-9,11-13H2,1-5H3. The van der Waals surface area contributed by atoms with E-state index >= 15 is 0 Å². The Balaban J connectivity index is 2.36. The predicted molar refractivity (Wildman–Crippen MR) is 88.4 cm³/mol. The van der Waals surface area contributed by atoms with Gasteiger partial charge in [0.15, 0.2) is 0 Å². The summed E-state index contributed by atoms with van der Waals surface area (Å²) in [6.07, 6.45) is 5.03. The number of unbranched alkanes of at least 4 members (excludes halogenated alkanes) is 1. The van der Waals surface area contributed by atoms with E-state index in [1.807, 2.05) is 6.92 Å². The fourth-order valence-electron chi connectivity index (χ4n) is 2.37. The molecule has 0 aliphatic heterocycles. The molecule has 1 aromatic rings. The van der Waals surface area contributed by atoms with Crippen molar-refractivity contribution >= 4 is 0 Å². The average Bonchev–Trinajstić information content (AvgIpc) is 2.80. The fraction of sp³-hybridized carbons (Fsp3) is 0.778. The SMILES string of the molecule is CCCCC(CC)COCc1cc(CNC(C)C)c(C)o1. The van der Waals surface area contributed by atoms with Crippen molar-refractivity contribution in [2.45, 2.75) is 79.5 Å². The molecule has 21 heavy (non-hydrogen) atoms. The third kappa shape index (κ3) is 7.14. The molecule has 0 bridgehead atoms. The maximum Gasteiger partial charge on any atom is 0.130 e. The van der Waals surface area contributed by atoms with Crippen LogP contribution in [0.3, 0.4) is 0 Å². The van der Waals surface area contributed by atoms with Crippen LogP contribution in [-0.2, 0) is 17.9 Å². The van der Waals surface area contributed by atoms with Crippen LogP contribution in [0.4, 0.5) is 0 Å². The zero-order chi connectivity index (χ0) is 15.7. The van der Waals surface area contributed by atoms with Crippen LogP contribution >= 0.6 is 0 Å². The maximum atomic E-state index is 5.85. The third-order valence-corrected chi connectivity index (χ3v) is 3.91. The van der Waals surface area contributed by atoms with Crippen LogP contribution in [0.25, 0.3) is 0 Å².